The van der Waals surface area contributed by atoms with E-state index in [1.807, 2.05) is 13.8 Å². The van der Waals surface area contributed by atoms with Crippen molar-refractivity contribution < 1.29 is 9.57 Å². The van der Waals surface area contributed by atoms with E-state index in [0.29, 0.717) is 20.8 Å². The molecule has 1 aromatic carbocycles. The minimum absolute atomic E-state index is 0.0117. The zero-order valence-electron chi connectivity index (χ0n) is 11.9. The summed E-state index contributed by atoms with van der Waals surface area (Å²) in [5.74, 6) is 0.289. The Labute approximate surface area is 143 Å². The van der Waals surface area contributed by atoms with E-state index in [1.54, 1.807) is 0 Å². The molecule has 122 valence electrons. The number of halogens is 3. The van der Waals surface area contributed by atoms with Gasteiger partial charge < -0.3 is 16.2 Å². The molecule has 0 heterocycles. The molecule has 0 unspecified atom stereocenters. The first kappa shape index (κ1) is 18.6. The number of nitrogens with two attached hydrogens (primary N) is 2. The molecule has 0 bridgehead atoms. The summed E-state index contributed by atoms with van der Waals surface area (Å²) < 4.78 is 5.26. The first-order valence-electron chi connectivity index (χ1n) is 6.12. The number of hydroxylamine groups is 1. The predicted molar refractivity (Wildman–Crippen MR) is 89.6 cm³/mol. The number of nitrogens with zero attached hydrogens (tertiary/aromatic N) is 2. The van der Waals surface area contributed by atoms with Crippen molar-refractivity contribution >= 4 is 46.7 Å². The highest BCUT2D eigenvalue weighted by molar-refractivity contribution is 6.43. The molecule has 0 fully saturated rings. The van der Waals surface area contributed by atoms with Crippen LogP contribution in [-0.4, -0.2) is 24.8 Å². The number of hydrogen-bond acceptors (Lipinski definition) is 3. The van der Waals surface area contributed by atoms with Crippen LogP contribution < -0.4 is 21.7 Å². The third-order valence-electron chi connectivity index (χ3n) is 2.05. The molecule has 0 spiro atoms. The third kappa shape index (κ3) is 6.57. The molecular formula is C12H16Cl3N5O2. The largest absolute Gasteiger partial charge is 0.464 e. The lowest BCUT2D eigenvalue weighted by Gasteiger charge is -2.10. The van der Waals surface area contributed by atoms with Crippen molar-refractivity contribution in [2.24, 2.45) is 21.5 Å². The summed E-state index contributed by atoms with van der Waals surface area (Å²) in [6.07, 6.45) is 0. The Balaban J connectivity index is 2.46. The van der Waals surface area contributed by atoms with Crippen LogP contribution in [-0.2, 0) is 4.84 Å². The fourth-order valence-electron chi connectivity index (χ4n) is 1.25. The van der Waals surface area contributed by atoms with Crippen molar-refractivity contribution in [3.05, 3.63) is 27.2 Å². The van der Waals surface area contributed by atoms with Gasteiger partial charge in [-0.25, -0.2) is 15.3 Å². The van der Waals surface area contributed by atoms with E-state index in [2.05, 4.69) is 15.5 Å². The van der Waals surface area contributed by atoms with E-state index in [1.165, 1.54) is 12.1 Å². The van der Waals surface area contributed by atoms with Crippen LogP contribution in [0.25, 0.3) is 0 Å². The average Bonchev–Trinajstić information content (AvgIpc) is 2.39. The molecule has 0 saturated carbocycles. The molecule has 0 radical (unpaired) electrons. The summed E-state index contributed by atoms with van der Waals surface area (Å²) in [5, 5.41) is 0.940. The van der Waals surface area contributed by atoms with Gasteiger partial charge in [0, 0.05) is 12.1 Å². The van der Waals surface area contributed by atoms with Crippen molar-refractivity contribution in [2.75, 3.05) is 6.79 Å². The Bertz CT molecular complexity index is 578. The summed E-state index contributed by atoms with van der Waals surface area (Å²) >= 11 is 17.6. The Hall–Kier alpha value is -1.41. The van der Waals surface area contributed by atoms with E-state index >= 15 is 0 Å². The standard InChI is InChI=1S/C12H16Cl3N5O2/c1-6(2)18-11(16)19-12(17)20-22-5-21-10-4-8(14)7(13)3-9(10)15/h3-4,6H,5H2,1-2H3,(H5,16,17,18,19,20). The Morgan fingerprint density at radius 3 is 2.45 bits per heavy atom. The van der Waals surface area contributed by atoms with Crippen LogP contribution in [0.4, 0.5) is 0 Å². The van der Waals surface area contributed by atoms with E-state index < -0.39 is 0 Å². The number of guanidine groups is 2. The maximum atomic E-state index is 5.94. The van der Waals surface area contributed by atoms with Gasteiger partial charge in [0.1, 0.15) is 5.75 Å². The fraction of sp³-hybridized carbons (Fsp3) is 0.333. The summed E-state index contributed by atoms with van der Waals surface area (Å²) in [6.45, 7) is 3.52. The molecule has 0 aliphatic carbocycles. The number of rotatable bonds is 5. The average molecular weight is 369 g/mol. The topological polar surface area (TPSA) is 107 Å². The summed E-state index contributed by atoms with van der Waals surface area (Å²) in [5.41, 5.74) is 13.4. The first-order chi connectivity index (χ1) is 10.3. The van der Waals surface area contributed by atoms with Gasteiger partial charge in [-0.15, -0.1) is 0 Å². The third-order valence-corrected chi connectivity index (χ3v) is 3.07. The molecule has 0 saturated heterocycles. The van der Waals surface area contributed by atoms with Crippen LogP contribution in [0, 0.1) is 0 Å². The smallest absolute Gasteiger partial charge is 0.221 e. The maximum Gasteiger partial charge on any atom is 0.221 e. The zero-order chi connectivity index (χ0) is 16.7. The molecule has 22 heavy (non-hydrogen) atoms. The molecule has 0 aromatic heterocycles. The second kappa shape index (κ2) is 8.89. The van der Waals surface area contributed by atoms with Crippen molar-refractivity contribution in [1.29, 1.82) is 0 Å². The van der Waals surface area contributed by atoms with E-state index in [4.69, 9.17) is 55.8 Å². The molecule has 10 heteroatoms. The molecule has 0 aliphatic rings. The van der Waals surface area contributed by atoms with Gasteiger partial charge in [-0.05, 0) is 19.9 Å². The molecule has 1 rings (SSSR count). The van der Waals surface area contributed by atoms with E-state index in [9.17, 15) is 0 Å². The van der Waals surface area contributed by atoms with Gasteiger partial charge in [-0.2, -0.15) is 4.99 Å². The highest BCUT2D eigenvalue weighted by Crippen LogP contribution is 2.33. The summed E-state index contributed by atoms with van der Waals surface area (Å²) in [4.78, 5) is 12.7. The minimum atomic E-state index is -0.199. The van der Waals surface area contributed by atoms with Gasteiger partial charge in [0.05, 0.1) is 15.1 Å². The molecule has 0 atom stereocenters. The van der Waals surface area contributed by atoms with Crippen LogP contribution in [0.15, 0.2) is 22.1 Å². The first-order valence-corrected chi connectivity index (χ1v) is 7.25. The van der Waals surface area contributed by atoms with Crippen LogP contribution in [0.5, 0.6) is 5.75 Å². The lowest BCUT2D eigenvalue weighted by Crippen LogP contribution is -2.34. The molecule has 1 aromatic rings. The lowest BCUT2D eigenvalue weighted by molar-refractivity contribution is -0.0195. The van der Waals surface area contributed by atoms with Gasteiger partial charge in [0.15, 0.2) is 0 Å². The maximum absolute atomic E-state index is 5.94. The second-order valence-electron chi connectivity index (χ2n) is 4.28. The van der Waals surface area contributed by atoms with Gasteiger partial charge in [0.25, 0.3) is 0 Å². The lowest BCUT2D eigenvalue weighted by atomic mass is 10.3. The van der Waals surface area contributed by atoms with E-state index in [0.717, 1.165) is 0 Å². The van der Waals surface area contributed by atoms with Crippen molar-refractivity contribution in [1.82, 2.24) is 5.48 Å². The van der Waals surface area contributed by atoms with Gasteiger partial charge in [-0.3, -0.25) is 0 Å². The molecule has 5 N–H and O–H groups in total. The van der Waals surface area contributed by atoms with Gasteiger partial charge >= 0.3 is 0 Å². The van der Waals surface area contributed by atoms with Gasteiger partial charge in [0.2, 0.25) is 18.7 Å². The minimum Gasteiger partial charge on any atom is -0.464 e. The van der Waals surface area contributed by atoms with E-state index in [-0.39, 0.29) is 24.8 Å². The SMILES string of the molecule is CC(C)N=C(N)N=C(N)NOCOc1cc(Cl)c(Cl)cc1Cl. The highest BCUT2D eigenvalue weighted by Gasteiger charge is 2.07. The quantitative estimate of drug-likeness (QED) is 0.185. The van der Waals surface area contributed by atoms with Crippen LogP contribution in [0.1, 0.15) is 13.8 Å². The molecule has 7 nitrogen and oxygen atoms in total. The molecule has 0 aliphatic heterocycles. The summed E-state index contributed by atoms with van der Waals surface area (Å²) in [7, 11) is 0. The monoisotopic (exact) mass is 367 g/mol. The van der Waals surface area contributed by atoms with Crippen molar-refractivity contribution in [3.63, 3.8) is 0 Å². The Morgan fingerprint density at radius 1 is 1.18 bits per heavy atom. The Kier molecular flexibility index (Phi) is 7.53. The van der Waals surface area contributed by atoms with Crippen LogP contribution in [0.3, 0.4) is 0 Å². The van der Waals surface area contributed by atoms with Crippen molar-refractivity contribution in [3.8, 4) is 5.75 Å². The predicted octanol–water partition coefficient (Wildman–Crippen LogP) is 2.54. The van der Waals surface area contributed by atoms with Crippen LogP contribution in [0.2, 0.25) is 15.1 Å². The number of nitrogens with one attached hydrogen (secondary N) is 1. The number of ether oxygens (including phenoxy) is 1. The Morgan fingerprint density at radius 2 is 1.82 bits per heavy atom. The van der Waals surface area contributed by atoms with Crippen LogP contribution >= 0.6 is 34.8 Å². The van der Waals surface area contributed by atoms with Crippen molar-refractivity contribution in [2.45, 2.75) is 19.9 Å². The summed E-state index contributed by atoms with van der Waals surface area (Å²) in [6, 6.07) is 2.95. The zero-order valence-corrected chi connectivity index (χ0v) is 14.2. The normalized spacial score (nSPS) is 12.6. The number of aliphatic imine (C=N–C) groups is 2. The molecular weight excluding hydrogens is 353 g/mol. The number of benzene rings is 1. The fourth-order valence-corrected chi connectivity index (χ4v) is 1.84. The number of hydrogen-bond donors (Lipinski definition) is 3. The van der Waals surface area contributed by atoms with Gasteiger partial charge in [-0.1, -0.05) is 34.8 Å². The highest BCUT2D eigenvalue weighted by atomic mass is 35.5. The molecule has 0 amide bonds. The second-order valence-corrected chi connectivity index (χ2v) is 5.51.